The van der Waals surface area contributed by atoms with Crippen LogP contribution in [0.15, 0.2) is 23.1 Å². The average Bonchev–Trinajstić information content (AvgIpc) is 2.86. The molecule has 23 heavy (non-hydrogen) atoms. The third kappa shape index (κ3) is 3.87. The van der Waals surface area contributed by atoms with Crippen LogP contribution in [-0.2, 0) is 19.6 Å². The van der Waals surface area contributed by atoms with Crippen LogP contribution < -0.4 is 0 Å². The van der Waals surface area contributed by atoms with Gasteiger partial charge < -0.3 is 4.74 Å². The molecule has 1 aromatic rings. The Hall–Kier alpha value is -1.54. The number of benzene rings is 1. The summed E-state index contributed by atoms with van der Waals surface area (Å²) in [6.45, 7) is 5.00. The lowest BCUT2D eigenvalue weighted by atomic mass is 10.1. The molecule has 5 nitrogen and oxygen atoms in total. The van der Waals surface area contributed by atoms with Gasteiger partial charge >= 0.3 is 5.97 Å². The number of halogens is 2. The molecule has 0 radical (unpaired) electrons. The van der Waals surface area contributed by atoms with Gasteiger partial charge in [-0.1, -0.05) is 6.07 Å². The van der Waals surface area contributed by atoms with E-state index in [0.717, 1.165) is 22.5 Å². The number of sulfonamides is 1. The second-order valence-electron chi connectivity index (χ2n) is 6.43. The highest BCUT2D eigenvalue weighted by atomic mass is 32.2. The van der Waals surface area contributed by atoms with Crippen molar-refractivity contribution in [2.24, 2.45) is 5.92 Å². The van der Waals surface area contributed by atoms with Gasteiger partial charge in [0.05, 0.1) is 5.92 Å². The summed E-state index contributed by atoms with van der Waals surface area (Å²) in [7, 11) is -4.33. The minimum Gasteiger partial charge on any atom is -0.460 e. The molecular formula is C15H19F2NO4S. The first kappa shape index (κ1) is 17.8. The number of esters is 1. The van der Waals surface area contributed by atoms with Gasteiger partial charge in [0.1, 0.15) is 17.2 Å². The van der Waals surface area contributed by atoms with E-state index in [0.29, 0.717) is 0 Å². The SMILES string of the molecule is CC(C)(C)OC(=O)[C@@H]1CCN(S(=O)(=O)c2c(F)cccc2F)C1. The third-order valence-corrected chi connectivity index (χ3v) is 5.33. The predicted molar refractivity (Wildman–Crippen MR) is 79.1 cm³/mol. The number of hydrogen-bond acceptors (Lipinski definition) is 4. The molecule has 0 N–H and O–H groups in total. The molecule has 0 aliphatic carbocycles. The highest BCUT2D eigenvalue weighted by molar-refractivity contribution is 7.89. The lowest BCUT2D eigenvalue weighted by Gasteiger charge is -2.22. The Bertz CT molecular complexity index is 692. The molecule has 1 saturated heterocycles. The van der Waals surface area contributed by atoms with Gasteiger partial charge in [-0.25, -0.2) is 17.2 Å². The molecule has 0 saturated carbocycles. The number of carbonyl (C=O) groups is 1. The molecule has 0 spiro atoms. The van der Waals surface area contributed by atoms with E-state index in [9.17, 15) is 22.0 Å². The average molecular weight is 347 g/mol. The molecule has 1 fully saturated rings. The first-order valence-corrected chi connectivity index (χ1v) is 8.63. The quantitative estimate of drug-likeness (QED) is 0.787. The van der Waals surface area contributed by atoms with E-state index in [-0.39, 0.29) is 19.5 Å². The van der Waals surface area contributed by atoms with Crippen molar-refractivity contribution in [2.45, 2.75) is 37.7 Å². The summed E-state index contributed by atoms with van der Waals surface area (Å²) in [6, 6.07) is 2.87. The first-order chi connectivity index (χ1) is 10.5. The lowest BCUT2D eigenvalue weighted by Crippen LogP contribution is -2.33. The van der Waals surface area contributed by atoms with Crippen LogP contribution in [0.3, 0.4) is 0 Å². The molecule has 0 bridgehead atoms. The number of carbonyl (C=O) groups excluding carboxylic acids is 1. The molecule has 0 amide bonds. The fourth-order valence-corrected chi connectivity index (χ4v) is 3.99. The van der Waals surface area contributed by atoms with Crippen molar-refractivity contribution < 1.29 is 26.7 Å². The van der Waals surface area contributed by atoms with E-state index in [1.54, 1.807) is 20.8 Å². The molecule has 0 aromatic heterocycles. The van der Waals surface area contributed by atoms with Gasteiger partial charge in [-0.3, -0.25) is 4.79 Å². The van der Waals surface area contributed by atoms with Crippen LogP contribution in [0.5, 0.6) is 0 Å². The number of nitrogens with zero attached hydrogens (tertiary/aromatic N) is 1. The molecule has 128 valence electrons. The predicted octanol–water partition coefficient (Wildman–Crippen LogP) is 2.32. The van der Waals surface area contributed by atoms with E-state index < -0.39 is 44.0 Å². The van der Waals surface area contributed by atoms with Crippen LogP contribution in [0, 0.1) is 17.6 Å². The minimum atomic E-state index is -4.33. The highest BCUT2D eigenvalue weighted by Gasteiger charge is 2.39. The Morgan fingerprint density at radius 1 is 1.26 bits per heavy atom. The van der Waals surface area contributed by atoms with Gasteiger partial charge in [0.15, 0.2) is 4.90 Å². The number of ether oxygens (including phenoxy) is 1. The smallest absolute Gasteiger partial charge is 0.310 e. The summed E-state index contributed by atoms with van der Waals surface area (Å²) < 4.78 is 58.5. The van der Waals surface area contributed by atoms with Crippen molar-refractivity contribution >= 4 is 16.0 Å². The largest absolute Gasteiger partial charge is 0.460 e. The second-order valence-corrected chi connectivity index (χ2v) is 8.31. The van der Waals surface area contributed by atoms with Gasteiger partial charge in [-0.15, -0.1) is 0 Å². The Labute approximate surface area is 134 Å². The zero-order valence-electron chi connectivity index (χ0n) is 13.2. The summed E-state index contributed by atoms with van der Waals surface area (Å²) in [4.78, 5) is 11.0. The third-order valence-electron chi connectivity index (χ3n) is 3.41. The van der Waals surface area contributed by atoms with E-state index in [2.05, 4.69) is 0 Å². The van der Waals surface area contributed by atoms with Crippen LogP contribution in [0.25, 0.3) is 0 Å². The Morgan fingerprint density at radius 3 is 2.35 bits per heavy atom. The van der Waals surface area contributed by atoms with Crippen molar-refractivity contribution in [2.75, 3.05) is 13.1 Å². The summed E-state index contributed by atoms with van der Waals surface area (Å²) in [5, 5.41) is 0. The van der Waals surface area contributed by atoms with Crippen molar-refractivity contribution in [3.05, 3.63) is 29.8 Å². The maximum absolute atomic E-state index is 13.7. The standard InChI is InChI=1S/C15H19F2NO4S/c1-15(2,3)22-14(19)10-7-8-18(9-10)23(20,21)13-11(16)5-4-6-12(13)17/h4-6,10H,7-9H2,1-3H3/t10-/m1/s1. The van der Waals surface area contributed by atoms with Gasteiger partial charge in [0.25, 0.3) is 0 Å². The second kappa shape index (κ2) is 6.16. The number of hydrogen-bond donors (Lipinski definition) is 0. The zero-order chi connectivity index (χ0) is 17.4. The fraction of sp³-hybridized carbons (Fsp3) is 0.533. The maximum Gasteiger partial charge on any atom is 0.310 e. The van der Waals surface area contributed by atoms with Gasteiger partial charge in [0, 0.05) is 13.1 Å². The Kier molecular flexibility index (Phi) is 4.77. The monoisotopic (exact) mass is 347 g/mol. The van der Waals surface area contributed by atoms with Crippen LogP contribution in [0.4, 0.5) is 8.78 Å². The molecule has 1 atom stereocenters. The molecule has 0 unspecified atom stereocenters. The zero-order valence-corrected chi connectivity index (χ0v) is 14.0. The van der Waals surface area contributed by atoms with Crippen LogP contribution in [0.2, 0.25) is 0 Å². The lowest BCUT2D eigenvalue weighted by molar-refractivity contribution is -0.159. The first-order valence-electron chi connectivity index (χ1n) is 7.19. The van der Waals surface area contributed by atoms with Crippen molar-refractivity contribution in [3.63, 3.8) is 0 Å². The molecule has 1 aliphatic rings. The Morgan fingerprint density at radius 2 is 1.83 bits per heavy atom. The fourth-order valence-electron chi connectivity index (χ4n) is 2.38. The topological polar surface area (TPSA) is 63.7 Å². The summed E-state index contributed by atoms with van der Waals surface area (Å²) in [6.07, 6.45) is 0.254. The van der Waals surface area contributed by atoms with Crippen LogP contribution in [0.1, 0.15) is 27.2 Å². The maximum atomic E-state index is 13.7. The molecule has 1 heterocycles. The summed E-state index contributed by atoms with van der Waals surface area (Å²) in [5.41, 5.74) is -0.680. The van der Waals surface area contributed by atoms with Crippen molar-refractivity contribution in [1.29, 1.82) is 0 Å². The van der Waals surface area contributed by atoms with Crippen LogP contribution in [-0.4, -0.2) is 37.4 Å². The molecule has 8 heteroatoms. The summed E-state index contributed by atoms with van der Waals surface area (Å²) >= 11 is 0. The van der Waals surface area contributed by atoms with Crippen LogP contribution >= 0.6 is 0 Å². The highest BCUT2D eigenvalue weighted by Crippen LogP contribution is 2.28. The minimum absolute atomic E-state index is 0.0139. The van der Waals surface area contributed by atoms with Gasteiger partial charge in [-0.05, 0) is 39.3 Å². The molecule has 1 aliphatic heterocycles. The normalized spacial score (nSPS) is 19.8. The molecule has 1 aromatic carbocycles. The van der Waals surface area contributed by atoms with Gasteiger partial charge in [0.2, 0.25) is 10.0 Å². The van der Waals surface area contributed by atoms with Crippen molar-refractivity contribution in [3.8, 4) is 0 Å². The summed E-state index contributed by atoms with van der Waals surface area (Å²) in [5.74, 6) is -3.44. The van der Waals surface area contributed by atoms with Gasteiger partial charge in [-0.2, -0.15) is 4.31 Å². The number of rotatable bonds is 3. The van der Waals surface area contributed by atoms with Crippen molar-refractivity contribution in [1.82, 2.24) is 4.31 Å². The van der Waals surface area contributed by atoms with E-state index in [4.69, 9.17) is 4.74 Å². The molecule has 2 rings (SSSR count). The Balaban J connectivity index is 2.20. The molecular weight excluding hydrogens is 328 g/mol. The van der Waals surface area contributed by atoms with E-state index >= 15 is 0 Å². The van der Waals surface area contributed by atoms with E-state index in [1.165, 1.54) is 0 Å². The van der Waals surface area contributed by atoms with E-state index in [1.807, 2.05) is 0 Å².